The number of hydrogen-bond acceptors (Lipinski definition) is 2. The van der Waals surface area contributed by atoms with Gasteiger partial charge in [-0.3, -0.25) is 0 Å². The third kappa shape index (κ3) is 5.03. The number of para-hydroxylation sites is 1. The minimum Gasteiger partial charge on any atom is -0.456 e. The molecule has 0 aliphatic carbocycles. The molecule has 0 saturated heterocycles. The molecule has 1 aromatic heterocycles. The molecule has 0 bridgehead atoms. The van der Waals surface area contributed by atoms with Gasteiger partial charge in [0.2, 0.25) is 0 Å². The fourth-order valence-electron chi connectivity index (χ4n) is 8.28. The Bertz CT molecular complexity index is 3210. The van der Waals surface area contributed by atoms with Crippen LogP contribution in [0.15, 0.2) is 205 Å². The first-order valence-electron chi connectivity index (χ1n) is 18.5. The van der Waals surface area contributed by atoms with E-state index in [1.807, 2.05) is 12.1 Å². The van der Waals surface area contributed by atoms with Gasteiger partial charge in [-0.2, -0.15) is 0 Å². The van der Waals surface area contributed by atoms with Gasteiger partial charge in [-0.25, -0.2) is 0 Å². The van der Waals surface area contributed by atoms with Gasteiger partial charge < -0.3 is 9.32 Å². The Balaban J connectivity index is 1.00. The first-order chi connectivity index (χ1) is 26.7. The number of furan rings is 1. The SMILES string of the molecule is c1ccc2c(c1)ccc1cc(-c3ccc(N(c4ccc(-c5ccc6c(c5)oc5ccccc56)cc4)c4ccc5ccc6ccccc6c5c4)cc3)ccc12. The molecule has 10 aromatic carbocycles. The van der Waals surface area contributed by atoms with Crippen LogP contribution in [0.25, 0.3) is 87.3 Å². The maximum absolute atomic E-state index is 6.23. The molecule has 0 fully saturated rings. The fourth-order valence-corrected chi connectivity index (χ4v) is 8.28. The van der Waals surface area contributed by atoms with E-state index in [9.17, 15) is 0 Å². The molecule has 0 N–H and O–H groups in total. The second-order valence-corrected chi connectivity index (χ2v) is 14.2. The quantitative estimate of drug-likeness (QED) is 0.168. The number of nitrogens with zero attached hydrogens (tertiary/aromatic N) is 1. The van der Waals surface area contributed by atoms with E-state index >= 15 is 0 Å². The Morgan fingerprint density at radius 3 is 1.39 bits per heavy atom. The molecule has 0 unspecified atom stereocenters. The van der Waals surface area contributed by atoms with E-state index in [0.717, 1.165) is 50.1 Å². The Morgan fingerprint density at radius 1 is 0.259 bits per heavy atom. The van der Waals surface area contributed by atoms with Crippen molar-refractivity contribution >= 4 is 82.1 Å². The Morgan fingerprint density at radius 2 is 0.704 bits per heavy atom. The number of hydrogen-bond donors (Lipinski definition) is 0. The molecule has 11 aromatic rings. The number of rotatable bonds is 5. The molecule has 0 amide bonds. The minimum atomic E-state index is 0.905. The summed E-state index contributed by atoms with van der Waals surface area (Å²) < 4.78 is 6.23. The van der Waals surface area contributed by atoms with E-state index in [1.54, 1.807) is 0 Å². The van der Waals surface area contributed by atoms with E-state index in [1.165, 1.54) is 54.2 Å². The molecular weight excluding hydrogens is 655 g/mol. The average Bonchev–Trinajstić information content (AvgIpc) is 3.62. The summed E-state index contributed by atoms with van der Waals surface area (Å²) >= 11 is 0. The van der Waals surface area contributed by atoms with Gasteiger partial charge in [0, 0.05) is 27.8 Å². The molecule has 252 valence electrons. The predicted molar refractivity (Wildman–Crippen MR) is 229 cm³/mol. The van der Waals surface area contributed by atoms with Crippen LogP contribution in [-0.4, -0.2) is 0 Å². The largest absolute Gasteiger partial charge is 0.456 e. The monoisotopic (exact) mass is 687 g/mol. The molecule has 0 spiro atoms. The van der Waals surface area contributed by atoms with Gasteiger partial charge in [0.15, 0.2) is 0 Å². The van der Waals surface area contributed by atoms with Crippen LogP contribution in [0.2, 0.25) is 0 Å². The molecule has 2 heteroatoms. The van der Waals surface area contributed by atoms with Crippen molar-refractivity contribution in [2.24, 2.45) is 0 Å². The van der Waals surface area contributed by atoms with Gasteiger partial charge in [-0.15, -0.1) is 0 Å². The first kappa shape index (κ1) is 30.5. The summed E-state index contributed by atoms with van der Waals surface area (Å²) in [4.78, 5) is 2.36. The third-order valence-electron chi connectivity index (χ3n) is 11.0. The highest BCUT2D eigenvalue weighted by molar-refractivity contribution is 6.10. The van der Waals surface area contributed by atoms with Crippen molar-refractivity contribution in [2.45, 2.75) is 0 Å². The van der Waals surface area contributed by atoms with Crippen molar-refractivity contribution in [3.05, 3.63) is 200 Å². The molecule has 0 saturated carbocycles. The lowest BCUT2D eigenvalue weighted by atomic mass is 9.97. The summed E-state index contributed by atoms with van der Waals surface area (Å²) in [6.45, 7) is 0. The van der Waals surface area contributed by atoms with Crippen LogP contribution < -0.4 is 4.90 Å². The second kappa shape index (κ2) is 12.2. The fraction of sp³-hybridized carbons (Fsp3) is 0. The molecular formula is C52H33NO. The van der Waals surface area contributed by atoms with E-state index < -0.39 is 0 Å². The van der Waals surface area contributed by atoms with Crippen molar-refractivity contribution in [3.63, 3.8) is 0 Å². The van der Waals surface area contributed by atoms with Gasteiger partial charge in [0.05, 0.1) is 0 Å². The number of anilines is 3. The molecule has 54 heavy (non-hydrogen) atoms. The Hall–Kier alpha value is -7.16. The lowest BCUT2D eigenvalue weighted by Gasteiger charge is -2.26. The molecule has 1 heterocycles. The third-order valence-corrected chi connectivity index (χ3v) is 11.0. The zero-order valence-electron chi connectivity index (χ0n) is 29.4. The number of benzene rings is 10. The zero-order chi connectivity index (χ0) is 35.6. The van der Waals surface area contributed by atoms with Gasteiger partial charge in [0.25, 0.3) is 0 Å². The first-order valence-corrected chi connectivity index (χ1v) is 18.5. The van der Waals surface area contributed by atoms with Gasteiger partial charge in [-0.1, -0.05) is 140 Å². The summed E-state index contributed by atoms with van der Waals surface area (Å²) in [5, 5.41) is 12.3. The topological polar surface area (TPSA) is 16.4 Å². The van der Waals surface area contributed by atoms with Crippen molar-refractivity contribution in [3.8, 4) is 22.3 Å². The molecule has 0 radical (unpaired) electrons. The van der Waals surface area contributed by atoms with Crippen LogP contribution in [0.5, 0.6) is 0 Å². The Kier molecular flexibility index (Phi) is 6.90. The minimum absolute atomic E-state index is 0.905. The highest BCUT2D eigenvalue weighted by Crippen LogP contribution is 2.40. The van der Waals surface area contributed by atoms with Gasteiger partial charge >= 0.3 is 0 Å². The van der Waals surface area contributed by atoms with Crippen LogP contribution in [0.3, 0.4) is 0 Å². The summed E-state index contributed by atoms with van der Waals surface area (Å²) in [5.41, 5.74) is 9.79. The van der Waals surface area contributed by atoms with E-state index in [0.29, 0.717) is 0 Å². The van der Waals surface area contributed by atoms with Crippen LogP contribution in [0, 0.1) is 0 Å². The van der Waals surface area contributed by atoms with Crippen LogP contribution >= 0.6 is 0 Å². The van der Waals surface area contributed by atoms with Crippen molar-refractivity contribution in [1.82, 2.24) is 0 Å². The van der Waals surface area contributed by atoms with Gasteiger partial charge in [0.1, 0.15) is 11.2 Å². The predicted octanol–water partition coefficient (Wildman–Crippen LogP) is 15.0. The molecule has 0 atom stereocenters. The standard InChI is InChI=1S/C52H33NO/c1-3-9-45-36(7-1)15-16-41-31-39(22-29-47(41)45)34-17-24-42(25-18-34)53(44-28-21-38-14-13-37-8-2-4-10-46(37)50(38)33-44)43-26-19-35(20-27-43)40-23-30-49-48-11-5-6-12-51(48)54-52(49)32-40/h1-33H. The lowest BCUT2D eigenvalue weighted by Crippen LogP contribution is -2.09. The zero-order valence-corrected chi connectivity index (χ0v) is 29.4. The molecule has 2 nitrogen and oxygen atoms in total. The van der Waals surface area contributed by atoms with Crippen LogP contribution in [-0.2, 0) is 0 Å². The summed E-state index contributed by atoms with van der Waals surface area (Å²) in [5.74, 6) is 0. The highest BCUT2D eigenvalue weighted by atomic mass is 16.3. The van der Waals surface area contributed by atoms with E-state index in [2.05, 4.69) is 193 Å². The smallest absolute Gasteiger partial charge is 0.136 e. The lowest BCUT2D eigenvalue weighted by molar-refractivity contribution is 0.669. The maximum atomic E-state index is 6.23. The van der Waals surface area contributed by atoms with Crippen molar-refractivity contribution in [1.29, 1.82) is 0 Å². The Labute approximate surface area is 312 Å². The maximum Gasteiger partial charge on any atom is 0.136 e. The average molecular weight is 688 g/mol. The van der Waals surface area contributed by atoms with Crippen molar-refractivity contribution < 1.29 is 4.42 Å². The normalized spacial score (nSPS) is 11.7. The van der Waals surface area contributed by atoms with E-state index in [-0.39, 0.29) is 0 Å². The highest BCUT2D eigenvalue weighted by Gasteiger charge is 2.16. The summed E-state index contributed by atoms with van der Waals surface area (Å²) in [6.07, 6.45) is 0. The number of fused-ring (bicyclic) bond motifs is 9. The molecule has 11 rings (SSSR count). The van der Waals surface area contributed by atoms with E-state index in [4.69, 9.17) is 4.42 Å². The van der Waals surface area contributed by atoms with Crippen molar-refractivity contribution in [2.75, 3.05) is 4.90 Å². The van der Waals surface area contributed by atoms with Crippen LogP contribution in [0.4, 0.5) is 17.1 Å². The molecule has 0 aliphatic rings. The van der Waals surface area contributed by atoms with Gasteiger partial charge in [-0.05, 0) is 126 Å². The second-order valence-electron chi connectivity index (χ2n) is 14.2. The summed E-state index contributed by atoms with van der Waals surface area (Å²) in [6, 6.07) is 72.4. The molecule has 0 aliphatic heterocycles. The van der Waals surface area contributed by atoms with Crippen LogP contribution in [0.1, 0.15) is 0 Å². The summed E-state index contributed by atoms with van der Waals surface area (Å²) in [7, 11) is 0.